The van der Waals surface area contributed by atoms with Gasteiger partial charge in [-0.25, -0.2) is 0 Å². The van der Waals surface area contributed by atoms with Crippen LogP contribution in [0.1, 0.15) is 26.7 Å². The fourth-order valence-corrected chi connectivity index (χ4v) is 1.71. The lowest BCUT2D eigenvalue weighted by Gasteiger charge is -2.30. The lowest BCUT2D eigenvalue weighted by Crippen LogP contribution is -2.53. The van der Waals surface area contributed by atoms with Gasteiger partial charge in [-0.3, -0.25) is 4.79 Å². The molecule has 1 amide bonds. The van der Waals surface area contributed by atoms with Crippen molar-refractivity contribution in [2.45, 2.75) is 38.3 Å². The predicted octanol–water partition coefficient (Wildman–Crippen LogP) is -0.0304. The second kappa shape index (κ2) is 6.83. The number of nitrogens with two attached hydrogens (primary N) is 1. The molecule has 0 saturated carbocycles. The highest BCUT2D eigenvalue weighted by Crippen LogP contribution is 2.12. The summed E-state index contributed by atoms with van der Waals surface area (Å²) in [5, 5.41) is 9.50. The van der Waals surface area contributed by atoms with Crippen LogP contribution in [0.25, 0.3) is 0 Å². The Labute approximate surface area is 97.6 Å². The molecule has 0 bridgehead atoms. The Bertz CT molecular complexity index is 219. The van der Waals surface area contributed by atoms with Crippen LogP contribution < -0.4 is 5.73 Å². The SMILES string of the molecule is CCCC(C)(N)C(=O)N(C)CC(O)COC. The molecule has 0 heterocycles. The molecule has 0 rings (SSSR count). The number of likely N-dealkylation sites (N-methyl/N-ethyl adjacent to an activating group) is 1. The standard InChI is InChI=1S/C11H24N2O3/c1-5-6-11(2,12)10(15)13(3)7-9(14)8-16-4/h9,14H,5-8,12H2,1-4H3. The van der Waals surface area contributed by atoms with Crippen LogP contribution in [0.15, 0.2) is 0 Å². The van der Waals surface area contributed by atoms with Crippen molar-refractivity contribution in [3.05, 3.63) is 0 Å². The third-order valence-corrected chi connectivity index (χ3v) is 2.45. The number of methoxy groups -OCH3 is 1. The highest BCUT2D eigenvalue weighted by atomic mass is 16.5. The summed E-state index contributed by atoms with van der Waals surface area (Å²) in [6.07, 6.45) is 0.820. The maximum atomic E-state index is 11.9. The number of ether oxygens (including phenoxy) is 1. The minimum Gasteiger partial charge on any atom is -0.389 e. The Morgan fingerprint density at radius 1 is 1.62 bits per heavy atom. The number of rotatable bonds is 7. The van der Waals surface area contributed by atoms with Crippen LogP contribution in [-0.2, 0) is 9.53 Å². The fraction of sp³-hybridized carbons (Fsp3) is 0.909. The summed E-state index contributed by atoms with van der Waals surface area (Å²) in [6.45, 7) is 4.16. The van der Waals surface area contributed by atoms with Crippen molar-refractivity contribution in [1.82, 2.24) is 4.90 Å². The van der Waals surface area contributed by atoms with Gasteiger partial charge in [0.1, 0.15) is 0 Å². The molecule has 0 saturated heterocycles. The van der Waals surface area contributed by atoms with Crippen LogP contribution in [0.5, 0.6) is 0 Å². The van der Waals surface area contributed by atoms with E-state index < -0.39 is 11.6 Å². The number of hydrogen-bond acceptors (Lipinski definition) is 4. The summed E-state index contributed by atoms with van der Waals surface area (Å²) in [4.78, 5) is 13.4. The monoisotopic (exact) mass is 232 g/mol. The lowest BCUT2D eigenvalue weighted by molar-refractivity contribution is -0.137. The Kier molecular flexibility index (Phi) is 6.55. The minimum absolute atomic E-state index is 0.149. The van der Waals surface area contributed by atoms with Gasteiger partial charge in [0, 0.05) is 20.7 Å². The summed E-state index contributed by atoms with van der Waals surface area (Å²) in [6, 6.07) is 0. The van der Waals surface area contributed by atoms with E-state index in [-0.39, 0.29) is 19.1 Å². The molecule has 96 valence electrons. The Morgan fingerprint density at radius 2 is 2.19 bits per heavy atom. The molecule has 5 heteroatoms. The molecule has 0 aliphatic rings. The van der Waals surface area contributed by atoms with Crippen LogP contribution >= 0.6 is 0 Å². The van der Waals surface area contributed by atoms with Crippen LogP contribution in [-0.4, -0.2) is 54.9 Å². The van der Waals surface area contributed by atoms with Crippen molar-refractivity contribution in [2.75, 3.05) is 27.3 Å². The van der Waals surface area contributed by atoms with Crippen molar-refractivity contribution in [3.8, 4) is 0 Å². The van der Waals surface area contributed by atoms with E-state index in [0.29, 0.717) is 6.42 Å². The van der Waals surface area contributed by atoms with Gasteiger partial charge in [0.15, 0.2) is 0 Å². The van der Waals surface area contributed by atoms with E-state index >= 15 is 0 Å². The third-order valence-electron chi connectivity index (χ3n) is 2.45. The van der Waals surface area contributed by atoms with E-state index in [2.05, 4.69) is 0 Å². The van der Waals surface area contributed by atoms with Crippen LogP contribution in [0.3, 0.4) is 0 Å². The van der Waals surface area contributed by atoms with Gasteiger partial charge in [-0.05, 0) is 13.3 Å². The quantitative estimate of drug-likeness (QED) is 0.646. The average Bonchev–Trinajstić information content (AvgIpc) is 2.16. The van der Waals surface area contributed by atoms with Gasteiger partial charge in [-0.15, -0.1) is 0 Å². The number of carbonyl (C=O) groups is 1. The van der Waals surface area contributed by atoms with Crippen molar-refractivity contribution in [2.24, 2.45) is 5.73 Å². The molecule has 2 unspecified atom stereocenters. The lowest BCUT2D eigenvalue weighted by atomic mass is 9.96. The van der Waals surface area contributed by atoms with Crippen molar-refractivity contribution in [1.29, 1.82) is 0 Å². The van der Waals surface area contributed by atoms with Crippen LogP contribution in [0.2, 0.25) is 0 Å². The van der Waals surface area contributed by atoms with Crippen molar-refractivity contribution < 1.29 is 14.6 Å². The second-order valence-electron chi connectivity index (χ2n) is 4.46. The summed E-state index contributed by atoms with van der Waals surface area (Å²) in [5.41, 5.74) is 5.07. The van der Waals surface area contributed by atoms with Gasteiger partial charge < -0.3 is 20.5 Å². The largest absolute Gasteiger partial charge is 0.389 e. The molecular weight excluding hydrogens is 208 g/mol. The molecule has 0 aliphatic heterocycles. The normalized spacial score (nSPS) is 16.6. The number of nitrogens with zero attached hydrogens (tertiary/aromatic N) is 1. The van der Waals surface area contributed by atoms with Crippen molar-refractivity contribution in [3.63, 3.8) is 0 Å². The Balaban J connectivity index is 4.27. The van der Waals surface area contributed by atoms with Crippen molar-refractivity contribution >= 4 is 5.91 Å². The van der Waals surface area contributed by atoms with Gasteiger partial charge in [-0.2, -0.15) is 0 Å². The number of hydrogen-bond donors (Lipinski definition) is 2. The molecule has 0 radical (unpaired) electrons. The molecular formula is C11H24N2O3. The second-order valence-corrected chi connectivity index (χ2v) is 4.46. The molecule has 16 heavy (non-hydrogen) atoms. The van der Waals surface area contributed by atoms with E-state index in [9.17, 15) is 9.90 Å². The molecule has 0 fully saturated rings. The van der Waals surface area contributed by atoms with E-state index in [4.69, 9.17) is 10.5 Å². The highest BCUT2D eigenvalue weighted by Gasteiger charge is 2.30. The maximum Gasteiger partial charge on any atom is 0.242 e. The first-order valence-corrected chi connectivity index (χ1v) is 5.56. The molecule has 0 spiro atoms. The van der Waals surface area contributed by atoms with Gasteiger partial charge in [0.25, 0.3) is 0 Å². The van der Waals surface area contributed by atoms with E-state index in [1.807, 2.05) is 6.92 Å². The Hall–Kier alpha value is -0.650. The molecule has 0 aromatic heterocycles. The first-order chi connectivity index (χ1) is 7.35. The zero-order valence-corrected chi connectivity index (χ0v) is 10.7. The summed E-state index contributed by atoms with van der Waals surface area (Å²) in [5.74, 6) is -0.149. The highest BCUT2D eigenvalue weighted by molar-refractivity contribution is 5.85. The minimum atomic E-state index is -0.851. The van der Waals surface area contributed by atoms with E-state index in [1.54, 1.807) is 14.0 Å². The van der Waals surface area contributed by atoms with E-state index in [1.165, 1.54) is 12.0 Å². The summed E-state index contributed by atoms with van der Waals surface area (Å²) >= 11 is 0. The van der Waals surface area contributed by atoms with Gasteiger partial charge >= 0.3 is 0 Å². The van der Waals surface area contributed by atoms with E-state index in [0.717, 1.165) is 6.42 Å². The van der Waals surface area contributed by atoms with Gasteiger partial charge in [0.2, 0.25) is 5.91 Å². The first-order valence-electron chi connectivity index (χ1n) is 5.56. The number of carbonyl (C=O) groups excluding carboxylic acids is 1. The molecule has 0 aromatic carbocycles. The van der Waals surface area contributed by atoms with Crippen LogP contribution in [0, 0.1) is 0 Å². The Morgan fingerprint density at radius 3 is 2.62 bits per heavy atom. The number of amides is 1. The number of aliphatic hydroxyl groups excluding tert-OH is 1. The number of aliphatic hydroxyl groups is 1. The fourth-order valence-electron chi connectivity index (χ4n) is 1.71. The van der Waals surface area contributed by atoms with Gasteiger partial charge in [0.05, 0.1) is 18.2 Å². The smallest absolute Gasteiger partial charge is 0.242 e. The molecule has 3 N–H and O–H groups in total. The summed E-state index contributed by atoms with van der Waals surface area (Å²) < 4.78 is 4.80. The molecule has 2 atom stereocenters. The van der Waals surface area contributed by atoms with Gasteiger partial charge in [-0.1, -0.05) is 13.3 Å². The predicted molar refractivity (Wildman–Crippen MR) is 63.0 cm³/mol. The topological polar surface area (TPSA) is 75.8 Å². The van der Waals surface area contributed by atoms with Crippen LogP contribution in [0.4, 0.5) is 0 Å². The third kappa shape index (κ3) is 4.92. The zero-order valence-electron chi connectivity index (χ0n) is 10.7. The molecule has 0 aromatic rings. The average molecular weight is 232 g/mol. The first kappa shape index (κ1) is 15.3. The zero-order chi connectivity index (χ0) is 12.8. The maximum absolute atomic E-state index is 11.9. The molecule has 0 aliphatic carbocycles. The molecule has 5 nitrogen and oxygen atoms in total. The summed E-state index contributed by atoms with van der Waals surface area (Å²) in [7, 11) is 3.15.